The maximum atomic E-state index is 12.7. The van der Waals surface area contributed by atoms with Crippen LogP contribution in [0.5, 0.6) is 0 Å². The summed E-state index contributed by atoms with van der Waals surface area (Å²) in [6.45, 7) is 1.86. The first-order valence-electron chi connectivity index (χ1n) is 9.01. The van der Waals surface area contributed by atoms with Crippen molar-refractivity contribution in [3.63, 3.8) is 0 Å². The van der Waals surface area contributed by atoms with Crippen LogP contribution >= 0.6 is 23.1 Å². The van der Waals surface area contributed by atoms with E-state index in [1.807, 2.05) is 49.4 Å². The number of hydrogen-bond acceptors (Lipinski definition) is 7. The summed E-state index contributed by atoms with van der Waals surface area (Å²) in [6.07, 6.45) is 1.55. The van der Waals surface area contributed by atoms with Gasteiger partial charge in [0.05, 0.1) is 34.8 Å². The lowest BCUT2D eigenvalue weighted by atomic mass is 10.2. The van der Waals surface area contributed by atoms with Crippen LogP contribution in [0.1, 0.15) is 27.2 Å². The van der Waals surface area contributed by atoms with E-state index in [-0.39, 0.29) is 5.91 Å². The molecule has 1 N–H and O–H groups in total. The van der Waals surface area contributed by atoms with Gasteiger partial charge in [-0.3, -0.25) is 10.1 Å². The highest BCUT2D eigenvalue weighted by Gasteiger charge is 2.17. The number of carbonyl (C=O) groups is 1. The third-order valence-corrected chi connectivity index (χ3v) is 6.37. The number of anilines is 1. The molecule has 0 aliphatic rings. The molecule has 0 aliphatic carbocycles. The molecule has 0 unspecified atom stereocenters. The van der Waals surface area contributed by atoms with Gasteiger partial charge in [0.1, 0.15) is 0 Å². The molecule has 2 aromatic carbocycles. The molecular weight excluding hydrogens is 416 g/mol. The van der Waals surface area contributed by atoms with Crippen LogP contribution < -0.4 is 5.32 Å². The Hall–Kier alpha value is -3.48. The van der Waals surface area contributed by atoms with Crippen LogP contribution in [-0.2, 0) is 5.75 Å². The molecule has 0 bridgehead atoms. The van der Waals surface area contributed by atoms with Gasteiger partial charge in [-0.15, -0.1) is 10.2 Å². The van der Waals surface area contributed by atoms with Crippen molar-refractivity contribution in [3.8, 4) is 11.8 Å². The first-order chi connectivity index (χ1) is 14.6. The Morgan fingerprint density at radius 3 is 2.67 bits per heavy atom. The van der Waals surface area contributed by atoms with E-state index in [0.29, 0.717) is 22.0 Å². The second-order valence-electron chi connectivity index (χ2n) is 6.32. The van der Waals surface area contributed by atoms with Gasteiger partial charge in [0.25, 0.3) is 5.91 Å². The van der Waals surface area contributed by atoms with E-state index in [4.69, 9.17) is 5.26 Å². The van der Waals surface area contributed by atoms with E-state index in [9.17, 15) is 4.79 Å². The van der Waals surface area contributed by atoms with Gasteiger partial charge in [0, 0.05) is 5.75 Å². The maximum absolute atomic E-state index is 12.7. The van der Waals surface area contributed by atoms with Crippen LogP contribution in [-0.4, -0.2) is 25.9 Å². The minimum absolute atomic E-state index is 0.269. The zero-order chi connectivity index (χ0) is 20.9. The first kappa shape index (κ1) is 19.8. The van der Waals surface area contributed by atoms with E-state index in [0.717, 1.165) is 21.3 Å². The van der Waals surface area contributed by atoms with Crippen molar-refractivity contribution >= 4 is 34.1 Å². The summed E-state index contributed by atoms with van der Waals surface area (Å²) in [7, 11) is 0. The largest absolute Gasteiger partial charge is 0.296 e. The molecule has 148 valence electrons. The highest BCUT2D eigenvalue weighted by atomic mass is 32.2. The van der Waals surface area contributed by atoms with Gasteiger partial charge in [-0.2, -0.15) is 10.4 Å². The molecule has 0 atom stereocenters. The molecule has 0 aliphatic heterocycles. The predicted octanol–water partition coefficient (Wildman–Crippen LogP) is 4.45. The summed E-state index contributed by atoms with van der Waals surface area (Å²) in [5.41, 5.74) is 3.85. The molecule has 0 saturated carbocycles. The van der Waals surface area contributed by atoms with Crippen molar-refractivity contribution in [2.75, 3.05) is 5.32 Å². The van der Waals surface area contributed by atoms with Crippen LogP contribution in [0.15, 0.2) is 65.1 Å². The highest BCUT2D eigenvalue weighted by molar-refractivity contribution is 8.00. The van der Waals surface area contributed by atoms with Gasteiger partial charge in [-0.1, -0.05) is 53.4 Å². The lowest BCUT2D eigenvalue weighted by molar-refractivity contribution is 0.102. The van der Waals surface area contributed by atoms with Crippen molar-refractivity contribution in [3.05, 3.63) is 83.2 Å². The molecule has 2 aromatic heterocycles. The third kappa shape index (κ3) is 4.40. The highest BCUT2D eigenvalue weighted by Crippen LogP contribution is 2.28. The average Bonchev–Trinajstić information content (AvgIpc) is 3.39. The molecule has 0 spiro atoms. The van der Waals surface area contributed by atoms with Crippen LogP contribution in [0.2, 0.25) is 0 Å². The Balaban J connectivity index is 1.39. The van der Waals surface area contributed by atoms with Gasteiger partial charge in [0.2, 0.25) is 5.13 Å². The summed E-state index contributed by atoms with van der Waals surface area (Å²) in [6, 6.07) is 19.2. The summed E-state index contributed by atoms with van der Waals surface area (Å²) >= 11 is 2.85. The third-order valence-electron chi connectivity index (χ3n) is 4.33. The molecule has 9 heteroatoms. The summed E-state index contributed by atoms with van der Waals surface area (Å²) in [4.78, 5) is 12.7. The first-order valence-corrected chi connectivity index (χ1v) is 10.8. The summed E-state index contributed by atoms with van der Waals surface area (Å²) in [5, 5.41) is 24.6. The normalized spacial score (nSPS) is 10.5. The van der Waals surface area contributed by atoms with Crippen molar-refractivity contribution in [2.24, 2.45) is 0 Å². The fourth-order valence-corrected chi connectivity index (χ4v) is 4.47. The number of benzene rings is 2. The minimum atomic E-state index is -0.269. The minimum Gasteiger partial charge on any atom is -0.296 e. The lowest BCUT2D eigenvalue weighted by Gasteiger charge is -2.05. The van der Waals surface area contributed by atoms with Crippen LogP contribution in [0, 0.1) is 18.3 Å². The number of para-hydroxylation sites is 1. The molecule has 2 heterocycles. The molecule has 30 heavy (non-hydrogen) atoms. The number of hydrogen-bond donors (Lipinski definition) is 1. The number of amides is 1. The predicted molar refractivity (Wildman–Crippen MR) is 117 cm³/mol. The number of thioether (sulfide) groups is 1. The number of nitrogens with zero attached hydrogens (tertiary/aromatic N) is 5. The standard InChI is InChI=1S/C21H16N6OS2/c1-14-18(12-23-27(14)17-5-3-2-4-6-17)19(28)24-20-25-26-21(30-20)29-13-16-9-7-15(11-22)8-10-16/h2-10,12H,13H2,1H3,(H,24,25,28). The van der Waals surface area contributed by atoms with Crippen molar-refractivity contribution < 1.29 is 4.79 Å². The molecule has 1 amide bonds. The number of carbonyl (C=O) groups excluding carboxylic acids is 1. The fraction of sp³-hybridized carbons (Fsp3) is 0.0952. The monoisotopic (exact) mass is 432 g/mol. The smallest absolute Gasteiger partial charge is 0.260 e. The quantitative estimate of drug-likeness (QED) is 0.357. The van der Waals surface area contributed by atoms with Gasteiger partial charge in [0.15, 0.2) is 4.34 Å². The van der Waals surface area contributed by atoms with Gasteiger partial charge < -0.3 is 0 Å². The van der Waals surface area contributed by atoms with Crippen molar-refractivity contribution in [1.29, 1.82) is 5.26 Å². The van der Waals surface area contributed by atoms with E-state index in [2.05, 4.69) is 26.7 Å². The van der Waals surface area contributed by atoms with Crippen molar-refractivity contribution in [1.82, 2.24) is 20.0 Å². The van der Waals surface area contributed by atoms with Crippen LogP contribution in [0.4, 0.5) is 5.13 Å². The van der Waals surface area contributed by atoms with E-state index in [1.54, 1.807) is 23.0 Å². The topological polar surface area (TPSA) is 96.5 Å². The Morgan fingerprint density at radius 2 is 1.93 bits per heavy atom. The SMILES string of the molecule is Cc1c(C(=O)Nc2nnc(SCc3ccc(C#N)cc3)s2)cnn1-c1ccccc1. The van der Waals surface area contributed by atoms with Gasteiger partial charge >= 0.3 is 0 Å². The summed E-state index contributed by atoms with van der Waals surface area (Å²) in [5.74, 6) is 0.437. The van der Waals surface area contributed by atoms with Crippen molar-refractivity contribution in [2.45, 2.75) is 17.0 Å². The van der Waals surface area contributed by atoms with E-state index >= 15 is 0 Å². The number of nitriles is 1. The zero-order valence-corrected chi connectivity index (χ0v) is 17.6. The molecule has 0 saturated heterocycles. The molecule has 4 aromatic rings. The maximum Gasteiger partial charge on any atom is 0.260 e. The molecule has 4 rings (SSSR count). The average molecular weight is 433 g/mol. The molecule has 0 fully saturated rings. The number of aromatic nitrogens is 4. The van der Waals surface area contributed by atoms with E-state index in [1.165, 1.54) is 23.1 Å². The Kier molecular flexibility index (Phi) is 5.88. The molecular formula is C21H16N6OS2. The second kappa shape index (κ2) is 8.90. The van der Waals surface area contributed by atoms with Gasteiger partial charge in [-0.25, -0.2) is 4.68 Å². The summed E-state index contributed by atoms with van der Waals surface area (Å²) < 4.78 is 2.49. The fourth-order valence-electron chi connectivity index (χ4n) is 2.77. The number of nitrogens with one attached hydrogen (secondary N) is 1. The second-order valence-corrected chi connectivity index (χ2v) is 8.52. The Bertz CT molecular complexity index is 1210. The van der Waals surface area contributed by atoms with Crippen LogP contribution in [0.3, 0.4) is 0 Å². The molecule has 7 nitrogen and oxygen atoms in total. The zero-order valence-electron chi connectivity index (χ0n) is 15.9. The molecule has 0 radical (unpaired) electrons. The van der Waals surface area contributed by atoms with Gasteiger partial charge in [-0.05, 0) is 36.8 Å². The number of rotatable bonds is 6. The Labute approximate surface area is 181 Å². The Morgan fingerprint density at radius 1 is 1.17 bits per heavy atom. The van der Waals surface area contributed by atoms with E-state index < -0.39 is 0 Å². The van der Waals surface area contributed by atoms with Crippen LogP contribution in [0.25, 0.3) is 5.69 Å². The lowest BCUT2D eigenvalue weighted by Crippen LogP contribution is -2.13.